The van der Waals surface area contributed by atoms with E-state index < -0.39 is 11.2 Å². The molecule has 1 unspecified atom stereocenters. The predicted molar refractivity (Wildman–Crippen MR) is 127 cm³/mol. The molecule has 0 aliphatic heterocycles. The van der Waals surface area contributed by atoms with Gasteiger partial charge in [0.15, 0.2) is 5.38 Å². The third-order valence-electron chi connectivity index (χ3n) is 3.86. The van der Waals surface area contributed by atoms with Gasteiger partial charge in [0.05, 0.1) is 10.7 Å². The van der Waals surface area contributed by atoms with Crippen LogP contribution in [0.25, 0.3) is 0 Å². The van der Waals surface area contributed by atoms with Crippen molar-refractivity contribution in [2.45, 2.75) is 25.6 Å². The molecule has 0 bridgehead atoms. The summed E-state index contributed by atoms with van der Waals surface area (Å²) in [6.45, 7) is 3.13. The minimum absolute atomic E-state index is 0.0277. The van der Waals surface area contributed by atoms with Gasteiger partial charge in [-0.15, -0.1) is 0 Å². The van der Waals surface area contributed by atoms with Gasteiger partial charge in [0.25, 0.3) is 0 Å². The van der Waals surface area contributed by atoms with Gasteiger partial charge in [0.2, 0.25) is 11.8 Å². The van der Waals surface area contributed by atoms with E-state index in [-0.39, 0.29) is 47.9 Å². The lowest BCUT2D eigenvalue weighted by atomic mass is 10.2. The number of hydrogen-bond donors (Lipinski definition) is 2. The van der Waals surface area contributed by atoms with Crippen LogP contribution < -0.4 is 20.1 Å². The Kier molecular flexibility index (Phi) is 10.4. The topological polar surface area (TPSA) is 76.7 Å². The fourth-order valence-electron chi connectivity index (χ4n) is 2.34. The summed E-state index contributed by atoms with van der Waals surface area (Å²) in [5.41, 5.74) is 0.642. The van der Waals surface area contributed by atoms with Gasteiger partial charge < -0.3 is 20.1 Å². The van der Waals surface area contributed by atoms with Gasteiger partial charge in [-0.3, -0.25) is 9.59 Å². The summed E-state index contributed by atoms with van der Waals surface area (Å²) >= 11 is 12.0. The molecule has 2 amide bonds. The third-order valence-corrected chi connectivity index (χ3v) is 4.37. The fourth-order valence-corrected chi connectivity index (χ4v) is 2.70. The summed E-state index contributed by atoms with van der Waals surface area (Å²) < 4.78 is 24.8. The molecular weight excluding hydrogens is 470 g/mol. The molecule has 6 nitrogen and oxygen atoms in total. The summed E-state index contributed by atoms with van der Waals surface area (Å²) in [6.07, 6.45) is 0.206. The zero-order valence-corrected chi connectivity index (χ0v) is 19.4. The molecule has 2 aromatic carbocycles. The van der Waals surface area contributed by atoms with Crippen LogP contribution in [0.15, 0.2) is 36.4 Å². The van der Waals surface area contributed by atoms with Gasteiger partial charge in [-0.2, -0.15) is 0 Å². The summed E-state index contributed by atoms with van der Waals surface area (Å²) in [5, 5.41) is 4.39. The van der Waals surface area contributed by atoms with Crippen LogP contribution >= 0.6 is 23.2 Å². The number of nitrogens with one attached hydrogen (secondary N) is 2. The lowest BCUT2D eigenvalue weighted by Gasteiger charge is -2.10. The highest BCUT2D eigenvalue weighted by atomic mass is 35.5. The summed E-state index contributed by atoms with van der Waals surface area (Å²) in [5.74, 6) is 10.5. The van der Waals surface area contributed by atoms with Crippen molar-refractivity contribution in [2.24, 2.45) is 0 Å². The maximum atomic E-state index is 13.9. The van der Waals surface area contributed by atoms with Crippen molar-refractivity contribution in [2.75, 3.05) is 23.8 Å². The van der Waals surface area contributed by atoms with Gasteiger partial charge in [-0.25, -0.2) is 4.39 Å². The normalized spacial score (nSPS) is 10.6. The molecule has 0 aromatic heterocycles. The number of amides is 2. The van der Waals surface area contributed by atoms with E-state index in [2.05, 4.69) is 34.3 Å². The quantitative estimate of drug-likeness (QED) is 0.429. The predicted octanol–water partition coefficient (Wildman–Crippen LogP) is 4.86. The van der Waals surface area contributed by atoms with Crippen LogP contribution in [0.5, 0.6) is 11.5 Å². The van der Waals surface area contributed by atoms with E-state index in [4.69, 9.17) is 32.7 Å². The lowest BCUT2D eigenvalue weighted by molar-refractivity contribution is -0.116. The van der Waals surface area contributed by atoms with Gasteiger partial charge in [-0.05, 0) is 30.3 Å². The number of carbonyl (C=O) groups excluding carboxylic acids is 2. The van der Waals surface area contributed by atoms with Crippen molar-refractivity contribution in [3.05, 3.63) is 47.2 Å². The van der Waals surface area contributed by atoms with Crippen molar-refractivity contribution in [1.29, 1.82) is 0 Å². The second kappa shape index (κ2) is 13.2. The molecule has 0 radical (unpaired) electrons. The number of halogens is 3. The number of rotatable bonds is 7. The van der Waals surface area contributed by atoms with Crippen LogP contribution in [0.4, 0.5) is 15.8 Å². The molecule has 2 N–H and O–H groups in total. The van der Waals surface area contributed by atoms with Crippen molar-refractivity contribution < 1.29 is 23.5 Å². The van der Waals surface area contributed by atoms with Crippen LogP contribution in [0, 0.1) is 29.5 Å². The van der Waals surface area contributed by atoms with E-state index >= 15 is 0 Å². The Bertz CT molecular complexity index is 1120. The van der Waals surface area contributed by atoms with Crippen molar-refractivity contribution in [3.8, 4) is 35.2 Å². The Morgan fingerprint density at radius 2 is 1.70 bits per heavy atom. The number of hydrogen-bond acceptors (Lipinski definition) is 4. The van der Waals surface area contributed by atoms with E-state index in [1.807, 2.05) is 0 Å². The molecule has 0 spiro atoms. The molecule has 172 valence electrons. The molecule has 1 atom stereocenters. The standard InChI is InChI=1S/C24H21Cl2FN2O4/c1-3-24(31)29-22-15-23(20(26)14-21(22)27)33-13-5-7-17(25)6-4-12-32-19-10-8-18(9-11-19)28-16(2)30/h8-11,14-15,17H,3,12-13H2,1-2H3,(H,28,30)(H,29,31). The molecule has 0 fully saturated rings. The summed E-state index contributed by atoms with van der Waals surface area (Å²) in [7, 11) is 0. The van der Waals surface area contributed by atoms with Crippen LogP contribution in [-0.2, 0) is 9.59 Å². The zero-order chi connectivity index (χ0) is 24.2. The zero-order valence-electron chi connectivity index (χ0n) is 17.9. The van der Waals surface area contributed by atoms with Crippen LogP contribution in [-0.4, -0.2) is 30.4 Å². The van der Waals surface area contributed by atoms with Gasteiger partial charge >= 0.3 is 0 Å². The maximum absolute atomic E-state index is 13.9. The first-order valence-corrected chi connectivity index (χ1v) is 10.6. The number of carbonyl (C=O) groups is 2. The molecule has 9 heteroatoms. The highest BCUT2D eigenvalue weighted by Crippen LogP contribution is 2.30. The molecular formula is C24H21Cl2FN2O4. The molecule has 0 saturated heterocycles. The first kappa shape index (κ1) is 25.9. The molecule has 33 heavy (non-hydrogen) atoms. The van der Waals surface area contributed by atoms with E-state index in [0.717, 1.165) is 6.07 Å². The largest absolute Gasteiger partial charge is 0.481 e. The highest BCUT2D eigenvalue weighted by molar-refractivity contribution is 6.32. The Labute approximate surface area is 201 Å². The van der Waals surface area contributed by atoms with Crippen molar-refractivity contribution >= 4 is 46.4 Å². The average molecular weight is 491 g/mol. The Balaban J connectivity index is 1.82. The number of anilines is 2. The van der Waals surface area contributed by atoms with Gasteiger partial charge in [0.1, 0.15) is 30.5 Å². The number of ether oxygens (including phenoxy) is 2. The van der Waals surface area contributed by atoms with E-state index in [0.29, 0.717) is 11.4 Å². The number of benzene rings is 2. The molecule has 2 aromatic rings. The van der Waals surface area contributed by atoms with Crippen LogP contribution in [0.2, 0.25) is 5.02 Å². The summed E-state index contributed by atoms with van der Waals surface area (Å²) in [4.78, 5) is 22.5. The van der Waals surface area contributed by atoms with Gasteiger partial charge in [-0.1, -0.05) is 53.8 Å². The van der Waals surface area contributed by atoms with E-state index in [1.54, 1.807) is 31.2 Å². The SMILES string of the molecule is CCC(=O)Nc1cc(OCC#CC(Cl)C#CCOc2ccc(NC(C)=O)cc2)c(Cl)cc1F. The van der Waals surface area contributed by atoms with E-state index in [1.165, 1.54) is 13.0 Å². The Hall–Kier alpha value is -3.39. The monoisotopic (exact) mass is 490 g/mol. The number of alkyl halides is 1. The Morgan fingerprint density at radius 3 is 2.30 bits per heavy atom. The molecule has 0 aliphatic rings. The first-order chi connectivity index (χ1) is 15.8. The minimum atomic E-state index is -0.748. The fraction of sp³-hybridized carbons (Fsp3) is 0.250. The van der Waals surface area contributed by atoms with Crippen LogP contribution in [0.3, 0.4) is 0 Å². The second-order valence-electron chi connectivity index (χ2n) is 6.45. The van der Waals surface area contributed by atoms with Crippen molar-refractivity contribution in [3.63, 3.8) is 0 Å². The third kappa shape index (κ3) is 9.33. The molecule has 0 saturated carbocycles. The minimum Gasteiger partial charge on any atom is -0.481 e. The lowest BCUT2D eigenvalue weighted by Crippen LogP contribution is -2.11. The highest BCUT2D eigenvalue weighted by Gasteiger charge is 2.11. The maximum Gasteiger partial charge on any atom is 0.224 e. The van der Waals surface area contributed by atoms with E-state index in [9.17, 15) is 14.0 Å². The molecule has 0 heterocycles. The molecule has 2 rings (SSSR count). The first-order valence-electron chi connectivity index (χ1n) is 9.81. The van der Waals surface area contributed by atoms with Gasteiger partial charge in [0, 0.05) is 25.1 Å². The Morgan fingerprint density at radius 1 is 1.06 bits per heavy atom. The molecule has 0 aliphatic carbocycles. The van der Waals surface area contributed by atoms with Crippen LogP contribution in [0.1, 0.15) is 20.3 Å². The smallest absolute Gasteiger partial charge is 0.224 e. The summed E-state index contributed by atoms with van der Waals surface area (Å²) in [6, 6.07) is 9.20. The van der Waals surface area contributed by atoms with Crippen molar-refractivity contribution in [1.82, 2.24) is 0 Å². The average Bonchev–Trinajstić information content (AvgIpc) is 2.77. The second-order valence-corrected chi connectivity index (χ2v) is 7.30.